The van der Waals surface area contributed by atoms with E-state index in [4.69, 9.17) is 4.74 Å². The molecule has 0 bridgehead atoms. The van der Waals surface area contributed by atoms with Crippen LogP contribution >= 0.6 is 11.3 Å². The lowest BCUT2D eigenvalue weighted by molar-refractivity contribution is -0.115. The predicted octanol–water partition coefficient (Wildman–Crippen LogP) is 5.50. The lowest BCUT2D eigenvalue weighted by atomic mass is 10.0. The molecule has 0 spiro atoms. The summed E-state index contributed by atoms with van der Waals surface area (Å²) in [6, 6.07) is 8.16. The molecule has 150 valence electrons. The highest BCUT2D eigenvalue weighted by molar-refractivity contribution is 7.17. The molecule has 1 aromatic carbocycles. The highest BCUT2D eigenvalue weighted by Crippen LogP contribution is 2.38. The van der Waals surface area contributed by atoms with Crippen LogP contribution in [0.4, 0.5) is 5.00 Å². The van der Waals surface area contributed by atoms with Gasteiger partial charge in [0, 0.05) is 4.88 Å². The zero-order chi connectivity index (χ0) is 20.1. The molecule has 3 rings (SSSR count). The number of aryl methyl sites for hydroxylation is 1. The number of fused-ring (bicyclic) bond motifs is 1. The lowest BCUT2D eigenvalue weighted by Gasteiger charge is -2.09. The van der Waals surface area contributed by atoms with Crippen LogP contribution in [0.1, 0.15) is 77.9 Å². The minimum Gasteiger partial charge on any atom is -0.462 e. The minimum atomic E-state index is -0.321. The normalized spacial score (nSPS) is 13.7. The fourth-order valence-corrected chi connectivity index (χ4v) is 4.92. The second-order valence-electron chi connectivity index (χ2n) is 7.61. The molecule has 1 heterocycles. The van der Waals surface area contributed by atoms with Gasteiger partial charge in [0.1, 0.15) is 5.00 Å². The third-order valence-corrected chi connectivity index (χ3v) is 6.37. The number of rotatable bonds is 6. The fourth-order valence-electron chi connectivity index (χ4n) is 3.63. The maximum atomic E-state index is 12.7. The van der Waals surface area contributed by atoms with Crippen molar-refractivity contribution in [2.24, 2.45) is 0 Å². The molecule has 1 aliphatic rings. The molecule has 0 unspecified atom stereocenters. The summed E-state index contributed by atoms with van der Waals surface area (Å²) in [4.78, 5) is 26.5. The molecule has 0 radical (unpaired) electrons. The van der Waals surface area contributed by atoms with E-state index in [1.165, 1.54) is 16.9 Å². The summed E-state index contributed by atoms with van der Waals surface area (Å²) in [6.45, 7) is 6.44. The van der Waals surface area contributed by atoms with Crippen molar-refractivity contribution in [1.82, 2.24) is 0 Å². The Balaban J connectivity index is 1.78. The number of carbonyl (C=O) groups excluding carboxylic acids is 2. The van der Waals surface area contributed by atoms with Gasteiger partial charge in [-0.2, -0.15) is 0 Å². The van der Waals surface area contributed by atoms with Crippen molar-refractivity contribution in [2.75, 3.05) is 11.9 Å². The van der Waals surface area contributed by atoms with Crippen LogP contribution in [0, 0.1) is 0 Å². The van der Waals surface area contributed by atoms with Gasteiger partial charge in [-0.05, 0) is 55.2 Å². The highest BCUT2D eigenvalue weighted by Gasteiger charge is 2.26. The van der Waals surface area contributed by atoms with E-state index in [0.717, 1.165) is 36.8 Å². The van der Waals surface area contributed by atoms with Gasteiger partial charge in [0.05, 0.1) is 18.6 Å². The van der Waals surface area contributed by atoms with Gasteiger partial charge >= 0.3 is 5.97 Å². The summed E-state index contributed by atoms with van der Waals surface area (Å²) in [5, 5.41) is 3.64. The Labute approximate surface area is 171 Å². The molecule has 1 N–H and O–H groups in total. The Morgan fingerprint density at radius 3 is 2.50 bits per heavy atom. The second-order valence-corrected chi connectivity index (χ2v) is 8.72. The summed E-state index contributed by atoms with van der Waals surface area (Å²) in [5.41, 5.74) is 3.89. The van der Waals surface area contributed by atoms with Crippen molar-refractivity contribution < 1.29 is 14.3 Å². The number of hydrogen-bond donors (Lipinski definition) is 1. The van der Waals surface area contributed by atoms with Crippen LogP contribution in [0.2, 0.25) is 0 Å². The Morgan fingerprint density at radius 1 is 1.11 bits per heavy atom. The van der Waals surface area contributed by atoms with Gasteiger partial charge in [0.15, 0.2) is 0 Å². The molecule has 4 nitrogen and oxygen atoms in total. The molecule has 0 aliphatic heterocycles. The molecule has 0 saturated heterocycles. The maximum Gasteiger partial charge on any atom is 0.341 e. The molecule has 0 atom stereocenters. The van der Waals surface area contributed by atoms with E-state index >= 15 is 0 Å². The predicted molar refractivity (Wildman–Crippen MR) is 114 cm³/mol. The van der Waals surface area contributed by atoms with Gasteiger partial charge in [0.2, 0.25) is 5.91 Å². The van der Waals surface area contributed by atoms with E-state index in [2.05, 4.69) is 31.3 Å². The van der Waals surface area contributed by atoms with Crippen LogP contribution in [0.15, 0.2) is 24.3 Å². The average Bonchev–Trinajstić information content (AvgIpc) is 2.82. The first kappa shape index (κ1) is 20.6. The number of hydrogen-bond acceptors (Lipinski definition) is 4. The maximum absolute atomic E-state index is 12.7. The molecule has 0 fully saturated rings. The summed E-state index contributed by atoms with van der Waals surface area (Å²) in [6.07, 6.45) is 5.53. The summed E-state index contributed by atoms with van der Waals surface area (Å²) in [7, 11) is 0. The first-order valence-corrected chi connectivity index (χ1v) is 11.0. The number of benzene rings is 1. The molecule has 2 aromatic rings. The van der Waals surface area contributed by atoms with Crippen molar-refractivity contribution in [1.29, 1.82) is 0 Å². The van der Waals surface area contributed by atoms with Crippen LogP contribution in [0.5, 0.6) is 0 Å². The van der Waals surface area contributed by atoms with Gasteiger partial charge < -0.3 is 10.1 Å². The van der Waals surface area contributed by atoms with Crippen molar-refractivity contribution in [3.05, 3.63) is 51.4 Å². The molecule has 28 heavy (non-hydrogen) atoms. The Hall–Kier alpha value is -2.14. The van der Waals surface area contributed by atoms with Gasteiger partial charge in [-0.15, -0.1) is 11.3 Å². The lowest BCUT2D eigenvalue weighted by Crippen LogP contribution is -2.17. The van der Waals surface area contributed by atoms with E-state index in [0.29, 0.717) is 29.5 Å². The summed E-state index contributed by atoms with van der Waals surface area (Å²) in [5.74, 6) is 0.0503. The first-order chi connectivity index (χ1) is 13.5. The Bertz CT molecular complexity index is 836. The topological polar surface area (TPSA) is 55.4 Å². The minimum absolute atomic E-state index is 0.0979. The number of carbonyl (C=O) groups is 2. The standard InChI is InChI=1S/C23H29NO3S/c1-4-27-23(26)21-18-8-6-5-7-9-19(18)28-22(21)24-20(25)14-16-10-12-17(13-11-16)15(2)3/h10-13,15H,4-9,14H2,1-3H3,(H,24,25). The van der Waals surface area contributed by atoms with Crippen LogP contribution in [0.25, 0.3) is 0 Å². The number of ether oxygens (including phenoxy) is 1. The van der Waals surface area contributed by atoms with E-state index in [-0.39, 0.29) is 11.9 Å². The highest BCUT2D eigenvalue weighted by atomic mass is 32.1. The number of esters is 1. The zero-order valence-corrected chi connectivity index (χ0v) is 17.8. The van der Waals surface area contributed by atoms with Gasteiger partial charge in [-0.25, -0.2) is 4.79 Å². The largest absolute Gasteiger partial charge is 0.462 e. The molecule has 1 aromatic heterocycles. The van der Waals surface area contributed by atoms with Crippen LogP contribution in [0.3, 0.4) is 0 Å². The quantitative estimate of drug-likeness (QED) is 0.515. The van der Waals surface area contributed by atoms with E-state index < -0.39 is 0 Å². The molecular formula is C23H29NO3S. The summed E-state index contributed by atoms with van der Waals surface area (Å²) >= 11 is 1.54. The zero-order valence-electron chi connectivity index (χ0n) is 17.0. The molecular weight excluding hydrogens is 370 g/mol. The summed E-state index contributed by atoms with van der Waals surface area (Å²) < 4.78 is 5.29. The number of thiophene rings is 1. The average molecular weight is 400 g/mol. The fraction of sp³-hybridized carbons (Fsp3) is 0.478. The Morgan fingerprint density at radius 2 is 1.82 bits per heavy atom. The number of nitrogens with one attached hydrogen (secondary N) is 1. The SMILES string of the molecule is CCOC(=O)c1c(NC(=O)Cc2ccc(C(C)C)cc2)sc2c1CCCCC2. The van der Waals surface area contributed by atoms with Crippen molar-refractivity contribution in [2.45, 2.75) is 65.2 Å². The van der Waals surface area contributed by atoms with E-state index in [1.54, 1.807) is 11.3 Å². The van der Waals surface area contributed by atoms with Gasteiger partial charge in [-0.1, -0.05) is 44.5 Å². The number of anilines is 1. The van der Waals surface area contributed by atoms with Crippen LogP contribution in [-0.4, -0.2) is 18.5 Å². The van der Waals surface area contributed by atoms with Crippen molar-refractivity contribution >= 4 is 28.2 Å². The molecule has 0 saturated carbocycles. The second kappa shape index (κ2) is 9.37. The van der Waals surface area contributed by atoms with Crippen LogP contribution in [-0.2, 0) is 28.8 Å². The van der Waals surface area contributed by atoms with Gasteiger partial charge in [-0.3, -0.25) is 4.79 Å². The third-order valence-electron chi connectivity index (χ3n) is 5.16. The number of amides is 1. The van der Waals surface area contributed by atoms with Gasteiger partial charge in [0.25, 0.3) is 0 Å². The van der Waals surface area contributed by atoms with Crippen molar-refractivity contribution in [3.8, 4) is 0 Å². The van der Waals surface area contributed by atoms with Crippen molar-refractivity contribution in [3.63, 3.8) is 0 Å². The monoisotopic (exact) mass is 399 g/mol. The first-order valence-electron chi connectivity index (χ1n) is 10.2. The van der Waals surface area contributed by atoms with E-state index in [1.807, 2.05) is 19.1 Å². The Kier molecular flexibility index (Phi) is 6.89. The molecule has 1 aliphatic carbocycles. The van der Waals surface area contributed by atoms with Crippen LogP contribution < -0.4 is 5.32 Å². The smallest absolute Gasteiger partial charge is 0.341 e. The van der Waals surface area contributed by atoms with E-state index in [9.17, 15) is 9.59 Å². The molecule has 5 heteroatoms. The third kappa shape index (κ3) is 4.82. The molecule has 1 amide bonds.